The van der Waals surface area contributed by atoms with E-state index in [1.54, 1.807) is 30.5 Å². The molecule has 2 aromatic carbocycles. The van der Waals surface area contributed by atoms with Crippen LogP contribution < -0.4 is 14.9 Å². The number of nitrogens with one attached hydrogen (secondary N) is 1. The Bertz CT molecular complexity index is 1010. The molecule has 1 amide bonds. The average molecular weight is 357 g/mol. The minimum atomic E-state index is -0.443. The molecule has 0 spiro atoms. The predicted octanol–water partition coefficient (Wildman–Crippen LogP) is 3.89. The van der Waals surface area contributed by atoms with Crippen LogP contribution in [0.4, 0.5) is 0 Å². The lowest BCUT2D eigenvalue weighted by Gasteiger charge is -2.02. The summed E-state index contributed by atoms with van der Waals surface area (Å²) in [4.78, 5) is 12.2. The molecule has 0 unspecified atom stereocenters. The van der Waals surface area contributed by atoms with E-state index in [0.29, 0.717) is 22.1 Å². The molecule has 4 rings (SSSR count). The van der Waals surface area contributed by atoms with Gasteiger partial charge < -0.3 is 13.9 Å². The highest BCUT2D eigenvalue weighted by atomic mass is 35.5. The van der Waals surface area contributed by atoms with Crippen molar-refractivity contribution in [2.24, 2.45) is 5.10 Å². The molecule has 0 atom stereocenters. The van der Waals surface area contributed by atoms with Crippen molar-refractivity contribution < 1.29 is 18.7 Å². The zero-order chi connectivity index (χ0) is 17.4. The number of fused-ring (bicyclic) bond motifs is 2. The lowest BCUT2D eigenvalue weighted by molar-refractivity contribution is 0.0929. The number of rotatable bonds is 3. The van der Waals surface area contributed by atoms with Crippen molar-refractivity contribution in [2.75, 3.05) is 6.79 Å². The summed E-state index contributed by atoms with van der Waals surface area (Å²) < 4.78 is 16.1. The fraction of sp³-hybridized carbons (Fsp3) is 0.111. The summed E-state index contributed by atoms with van der Waals surface area (Å²) in [5, 5.41) is 5.32. The lowest BCUT2D eigenvalue weighted by atomic mass is 10.1. The van der Waals surface area contributed by atoms with E-state index in [-0.39, 0.29) is 12.6 Å². The molecule has 2 heterocycles. The van der Waals surface area contributed by atoms with Crippen LogP contribution in [-0.2, 0) is 0 Å². The highest BCUT2D eigenvalue weighted by Gasteiger charge is 2.15. The van der Waals surface area contributed by atoms with Crippen molar-refractivity contribution in [3.63, 3.8) is 0 Å². The topological polar surface area (TPSA) is 73.1 Å². The van der Waals surface area contributed by atoms with Crippen LogP contribution in [0.15, 0.2) is 45.9 Å². The smallest absolute Gasteiger partial charge is 0.307 e. The molecule has 6 nitrogen and oxygen atoms in total. The van der Waals surface area contributed by atoms with Crippen LogP contribution in [-0.4, -0.2) is 18.9 Å². The van der Waals surface area contributed by atoms with E-state index in [4.69, 9.17) is 25.5 Å². The van der Waals surface area contributed by atoms with E-state index >= 15 is 0 Å². The number of hydrazone groups is 1. The van der Waals surface area contributed by atoms with Crippen LogP contribution in [0.25, 0.3) is 11.0 Å². The molecule has 0 fully saturated rings. The monoisotopic (exact) mass is 356 g/mol. The van der Waals surface area contributed by atoms with Crippen LogP contribution in [0.2, 0.25) is 5.02 Å². The Balaban J connectivity index is 1.50. The van der Waals surface area contributed by atoms with Gasteiger partial charge in [-0.05, 0) is 48.9 Å². The van der Waals surface area contributed by atoms with Gasteiger partial charge in [0.05, 0.1) is 6.21 Å². The van der Waals surface area contributed by atoms with E-state index in [2.05, 4.69) is 10.5 Å². The molecule has 1 aromatic heterocycles. The van der Waals surface area contributed by atoms with Crippen LogP contribution >= 0.6 is 11.6 Å². The summed E-state index contributed by atoms with van der Waals surface area (Å²) in [6.07, 6.45) is 1.55. The van der Waals surface area contributed by atoms with E-state index in [9.17, 15) is 4.79 Å². The van der Waals surface area contributed by atoms with Crippen LogP contribution in [0.1, 0.15) is 21.7 Å². The van der Waals surface area contributed by atoms with E-state index in [1.807, 2.05) is 19.1 Å². The van der Waals surface area contributed by atoms with Crippen LogP contribution in [0.5, 0.6) is 11.5 Å². The summed E-state index contributed by atoms with van der Waals surface area (Å²) in [7, 11) is 0. The number of aryl methyl sites for hydroxylation is 1. The summed E-state index contributed by atoms with van der Waals surface area (Å²) in [5.41, 5.74) is 4.82. The molecule has 0 saturated heterocycles. The number of furan rings is 1. The zero-order valence-electron chi connectivity index (χ0n) is 13.2. The quantitative estimate of drug-likeness (QED) is 0.571. The molecule has 0 radical (unpaired) electrons. The van der Waals surface area contributed by atoms with Gasteiger partial charge in [-0.25, -0.2) is 5.43 Å². The SMILES string of the molecule is Cc1cc2c(cc1/C=N/NC(=O)c1cc3cc(Cl)ccc3o1)OCO2. The molecular formula is C18H13ClN2O4. The second-order valence-electron chi connectivity index (χ2n) is 5.55. The third kappa shape index (κ3) is 3.04. The van der Waals surface area contributed by atoms with Crippen molar-refractivity contribution in [2.45, 2.75) is 6.92 Å². The third-order valence-corrected chi connectivity index (χ3v) is 4.07. The molecule has 3 aromatic rings. The van der Waals surface area contributed by atoms with Crippen molar-refractivity contribution in [3.8, 4) is 11.5 Å². The van der Waals surface area contributed by atoms with Crippen molar-refractivity contribution in [1.29, 1.82) is 0 Å². The van der Waals surface area contributed by atoms with E-state index < -0.39 is 5.91 Å². The molecular weight excluding hydrogens is 344 g/mol. The number of hydrogen-bond donors (Lipinski definition) is 1. The summed E-state index contributed by atoms with van der Waals surface area (Å²) in [5.74, 6) is 1.09. The van der Waals surface area contributed by atoms with Crippen LogP contribution in [0.3, 0.4) is 0 Å². The standard InChI is InChI=1S/C18H13ClN2O4/c1-10-4-15-16(24-9-23-15)7-12(10)8-20-21-18(22)17-6-11-5-13(19)2-3-14(11)25-17/h2-8H,9H2,1H3,(H,21,22)/b20-8+. The maximum Gasteiger partial charge on any atom is 0.307 e. The Labute approximate surface area is 148 Å². The Morgan fingerprint density at radius 2 is 2.00 bits per heavy atom. The summed E-state index contributed by atoms with van der Waals surface area (Å²) in [6.45, 7) is 2.14. The van der Waals surface area contributed by atoms with Gasteiger partial charge in [-0.3, -0.25) is 4.79 Å². The number of carbonyl (C=O) groups excluding carboxylic acids is 1. The van der Waals surface area contributed by atoms with Crippen molar-refractivity contribution in [3.05, 3.63) is 58.3 Å². The molecule has 1 aliphatic heterocycles. The molecule has 0 aliphatic carbocycles. The normalized spacial score (nSPS) is 12.9. The van der Waals surface area contributed by atoms with Gasteiger partial charge in [0.2, 0.25) is 6.79 Å². The predicted molar refractivity (Wildman–Crippen MR) is 93.6 cm³/mol. The number of hydrogen-bond acceptors (Lipinski definition) is 5. The number of benzene rings is 2. The van der Waals surface area contributed by atoms with Crippen molar-refractivity contribution >= 4 is 34.7 Å². The number of amides is 1. The minimum absolute atomic E-state index is 0.164. The first-order valence-electron chi connectivity index (χ1n) is 7.53. The molecule has 126 valence electrons. The number of ether oxygens (including phenoxy) is 2. The highest BCUT2D eigenvalue weighted by molar-refractivity contribution is 6.31. The van der Waals surface area contributed by atoms with Gasteiger partial charge in [0.25, 0.3) is 0 Å². The van der Waals surface area contributed by atoms with Crippen molar-refractivity contribution in [1.82, 2.24) is 5.43 Å². The number of nitrogens with zero attached hydrogens (tertiary/aromatic N) is 1. The van der Waals surface area contributed by atoms with Crippen LogP contribution in [0, 0.1) is 6.92 Å². The van der Waals surface area contributed by atoms with E-state index in [1.165, 1.54) is 0 Å². The maximum absolute atomic E-state index is 12.2. The number of carbonyl (C=O) groups is 1. The highest BCUT2D eigenvalue weighted by Crippen LogP contribution is 2.34. The van der Waals surface area contributed by atoms with Gasteiger partial charge in [0, 0.05) is 16.0 Å². The van der Waals surface area contributed by atoms with Gasteiger partial charge in [-0.2, -0.15) is 5.10 Å². The number of halogens is 1. The zero-order valence-corrected chi connectivity index (χ0v) is 14.0. The molecule has 1 N–H and O–H groups in total. The minimum Gasteiger partial charge on any atom is -0.454 e. The third-order valence-electron chi connectivity index (χ3n) is 3.83. The first-order chi connectivity index (χ1) is 12.1. The second-order valence-corrected chi connectivity index (χ2v) is 5.99. The van der Waals surface area contributed by atoms with Gasteiger partial charge in [0.1, 0.15) is 5.58 Å². The molecule has 0 saturated carbocycles. The molecule has 0 bridgehead atoms. The summed E-state index contributed by atoms with van der Waals surface area (Å²) in [6, 6.07) is 10.5. The summed E-state index contributed by atoms with van der Waals surface area (Å²) >= 11 is 5.93. The van der Waals surface area contributed by atoms with Gasteiger partial charge in [0.15, 0.2) is 17.3 Å². The molecule has 1 aliphatic rings. The first kappa shape index (κ1) is 15.5. The maximum atomic E-state index is 12.2. The lowest BCUT2D eigenvalue weighted by Crippen LogP contribution is -2.16. The van der Waals surface area contributed by atoms with Gasteiger partial charge in [-0.1, -0.05) is 11.6 Å². The fourth-order valence-electron chi connectivity index (χ4n) is 2.54. The van der Waals surface area contributed by atoms with Gasteiger partial charge >= 0.3 is 5.91 Å². The fourth-order valence-corrected chi connectivity index (χ4v) is 2.72. The second kappa shape index (κ2) is 6.14. The largest absolute Gasteiger partial charge is 0.454 e. The Kier molecular flexibility index (Phi) is 3.82. The molecule has 25 heavy (non-hydrogen) atoms. The average Bonchev–Trinajstić information content (AvgIpc) is 3.20. The first-order valence-corrected chi connectivity index (χ1v) is 7.91. The van der Waals surface area contributed by atoms with E-state index in [0.717, 1.165) is 16.5 Å². The Morgan fingerprint density at radius 3 is 2.84 bits per heavy atom. The van der Waals surface area contributed by atoms with Gasteiger partial charge in [-0.15, -0.1) is 0 Å². The Morgan fingerprint density at radius 1 is 1.20 bits per heavy atom. The molecule has 7 heteroatoms. The Hall–Kier alpha value is -2.99.